The molecule has 0 spiro atoms. The number of methoxy groups -OCH3 is 1. The van der Waals surface area contributed by atoms with Crippen molar-refractivity contribution in [3.63, 3.8) is 0 Å². The Bertz CT molecular complexity index is 1160. The quantitative estimate of drug-likeness (QED) is 0.359. The lowest BCUT2D eigenvalue weighted by Gasteiger charge is -2.35. The molecule has 11 heteroatoms. The summed E-state index contributed by atoms with van der Waals surface area (Å²) in [6, 6.07) is 5.38. The second-order valence-corrected chi connectivity index (χ2v) is 9.38. The molecule has 0 aliphatic heterocycles. The molecule has 1 aliphatic carbocycles. The molecular formula is C24H29Cl2N5O4. The molecule has 9 nitrogen and oxygen atoms in total. The van der Waals surface area contributed by atoms with Crippen molar-refractivity contribution in [2.75, 3.05) is 32.6 Å². The van der Waals surface area contributed by atoms with Gasteiger partial charge in [0, 0.05) is 25.3 Å². The van der Waals surface area contributed by atoms with Crippen molar-refractivity contribution in [3.8, 4) is 28.4 Å². The van der Waals surface area contributed by atoms with Gasteiger partial charge in [-0.2, -0.15) is 0 Å². The predicted octanol–water partition coefficient (Wildman–Crippen LogP) is 4.27. The number of hydrogen-bond acceptors (Lipinski definition) is 9. The van der Waals surface area contributed by atoms with Crippen molar-refractivity contribution in [2.24, 2.45) is 0 Å². The molecule has 1 fully saturated rings. The van der Waals surface area contributed by atoms with Gasteiger partial charge in [0.2, 0.25) is 0 Å². The lowest BCUT2D eigenvalue weighted by atomic mass is 9.89. The third-order valence-electron chi connectivity index (χ3n) is 5.95. The van der Waals surface area contributed by atoms with Crippen molar-refractivity contribution in [1.29, 1.82) is 0 Å². The summed E-state index contributed by atoms with van der Waals surface area (Å²) in [6.45, 7) is 4.20. The number of nitrogens with one attached hydrogen (secondary N) is 2. The van der Waals surface area contributed by atoms with Crippen LogP contribution in [0, 0.1) is 13.8 Å². The third kappa shape index (κ3) is 5.70. The highest BCUT2D eigenvalue weighted by atomic mass is 35.5. The van der Waals surface area contributed by atoms with Gasteiger partial charge >= 0.3 is 0 Å². The van der Waals surface area contributed by atoms with Crippen LogP contribution in [0.1, 0.15) is 24.3 Å². The van der Waals surface area contributed by atoms with Gasteiger partial charge in [0.05, 0.1) is 22.4 Å². The molecule has 0 amide bonds. The zero-order chi connectivity index (χ0) is 25.1. The van der Waals surface area contributed by atoms with Gasteiger partial charge in [-0.25, -0.2) is 9.97 Å². The summed E-state index contributed by atoms with van der Waals surface area (Å²) in [5, 5.41) is 21.2. The minimum Gasteiger partial charge on any atom is -0.491 e. The van der Waals surface area contributed by atoms with Gasteiger partial charge in [-0.3, -0.25) is 0 Å². The lowest BCUT2D eigenvalue weighted by molar-refractivity contribution is 0.0328. The number of aliphatic hydroxyl groups is 1. The van der Waals surface area contributed by atoms with Crippen LogP contribution in [-0.4, -0.2) is 65.8 Å². The molecule has 3 N–H and O–H groups in total. The standard InChI is InChI=1S/C24H29Cl2N5O4/c1-12-20(13(2)35-31-12)22-21(26)24(28-14-7-17(8-14)33-4)30-23(29-22)18-9-16(5-6-19(18)25)34-11-15(32)10-27-3/h5-6,9,14-15,17,27,32H,7-8,10-11H2,1-4H3,(H,28,29,30)/t14-,15-,17+/m1/s1. The molecule has 35 heavy (non-hydrogen) atoms. The fourth-order valence-corrected chi connectivity index (χ4v) is 4.41. The first kappa shape index (κ1) is 25.7. The fourth-order valence-electron chi connectivity index (χ4n) is 3.97. The molecule has 4 rings (SSSR count). The van der Waals surface area contributed by atoms with E-state index in [1.54, 1.807) is 32.4 Å². The minimum atomic E-state index is -0.647. The molecule has 0 unspecified atom stereocenters. The first-order valence-electron chi connectivity index (χ1n) is 11.4. The summed E-state index contributed by atoms with van der Waals surface area (Å²) in [4.78, 5) is 9.50. The third-order valence-corrected chi connectivity index (χ3v) is 6.64. The van der Waals surface area contributed by atoms with E-state index in [0.717, 1.165) is 12.8 Å². The van der Waals surface area contributed by atoms with Gasteiger partial charge in [0.15, 0.2) is 5.82 Å². The Labute approximate surface area is 214 Å². The average Bonchev–Trinajstić information content (AvgIpc) is 3.14. The number of nitrogens with zero attached hydrogens (tertiary/aromatic N) is 3. The van der Waals surface area contributed by atoms with Crippen molar-refractivity contribution in [2.45, 2.75) is 44.9 Å². The smallest absolute Gasteiger partial charge is 0.163 e. The van der Waals surface area contributed by atoms with E-state index < -0.39 is 6.10 Å². The molecule has 3 aromatic rings. The zero-order valence-electron chi connectivity index (χ0n) is 20.1. The fraction of sp³-hybridized carbons (Fsp3) is 0.458. The van der Waals surface area contributed by atoms with Gasteiger partial charge < -0.3 is 29.7 Å². The molecular weight excluding hydrogens is 493 g/mol. The number of benzene rings is 1. The number of aryl methyl sites for hydroxylation is 2. The van der Waals surface area contributed by atoms with E-state index in [1.807, 2.05) is 13.8 Å². The minimum absolute atomic E-state index is 0.128. The summed E-state index contributed by atoms with van der Waals surface area (Å²) in [5.74, 6) is 2.01. The molecule has 0 saturated heterocycles. The first-order chi connectivity index (χ1) is 16.8. The molecule has 188 valence electrons. The largest absolute Gasteiger partial charge is 0.491 e. The number of hydrogen-bond donors (Lipinski definition) is 3. The highest BCUT2D eigenvalue weighted by Gasteiger charge is 2.31. The van der Waals surface area contributed by atoms with Gasteiger partial charge in [0.1, 0.15) is 40.8 Å². The van der Waals surface area contributed by atoms with Crippen LogP contribution < -0.4 is 15.4 Å². The Morgan fingerprint density at radius 1 is 1.23 bits per heavy atom. The van der Waals surface area contributed by atoms with E-state index in [4.69, 9.17) is 47.2 Å². The molecule has 0 bridgehead atoms. The molecule has 1 aliphatic rings. The normalized spacial score (nSPS) is 18.3. The first-order valence-corrected chi connectivity index (χ1v) is 12.1. The van der Waals surface area contributed by atoms with Gasteiger partial charge in [0.25, 0.3) is 0 Å². The Kier molecular flexibility index (Phi) is 8.13. The van der Waals surface area contributed by atoms with Crippen molar-refractivity contribution >= 4 is 29.0 Å². The number of anilines is 1. The maximum atomic E-state index is 9.98. The van der Waals surface area contributed by atoms with Gasteiger partial charge in [-0.15, -0.1) is 0 Å². The number of rotatable bonds is 10. The van der Waals surface area contributed by atoms with Crippen molar-refractivity contribution < 1.29 is 19.1 Å². The second kappa shape index (κ2) is 11.1. The van der Waals surface area contributed by atoms with Crippen LogP contribution >= 0.6 is 23.2 Å². The summed E-state index contributed by atoms with van der Waals surface area (Å²) >= 11 is 13.4. The number of aliphatic hydroxyl groups excluding tert-OH is 1. The average molecular weight is 522 g/mol. The van der Waals surface area contributed by atoms with E-state index in [9.17, 15) is 5.11 Å². The van der Waals surface area contributed by atoms with Crippen LogP contribution in [0.4, 0.5) is 5.82 Å². The van der Waals surface area contributed by atoms with Crippen LogP contribution in [-0.2, 0) is 4.74 Å². The van der Waals surface area contributed by atoms with Crippen molar-refractivity contribution in [3.05, 3.63) is 39.7 Å². The maximum Gasteiger partial charge on any atom is 0.163 e. The highest BCUT2D eigenvalue weighted by Crippen LogP contribution is 2.40. The zero-order valence-corrected chi connectivity index (χ0v) is 21.6. The topological polar surface area (TPSA) is 115 Å². The number of halogens is 2. The van der Waals surface area contributed by atoms with Crippen LogP contribution in [0.5, 0.6) is 5.75 Å². The Morgan fingerprint density at radius 2 is 2.00 bits per heavy atom. The molecule has 1 saturated carbocycles. The van der Waals surface area contributed by atoms with Crippen LogP contribution in [0.15, 0.2) is 22.7 Å². The van der Waals surface area contributed by atoms with E-state index in [0.29, 0.717) is 62.3 Å². The van der Waals surface area contributed by atoms with E-state index in [2.05, 4.69) is 15.8 Å². The molecule has 2 heterocycles. The summed E-state index contributed by atoms with van der Waals surface area (Å²) in [7, 11) is 3.48. The number of ether oxygens (including phenoxy) is 2. The molecule has 1 aromatic carbocycles. The van der Waals surface area contributed by atoms with E-state index in [-0.39, 0.29) is 18.8 Å². The van der Waals surface area contributed by atoms with Crippen LogP contribution in [0.2, 0.25) is 10.0 Å². The second-order valence-electron chi connectivity index (χ2n) is 8.59. The summed E-state index contributed by atoms with van der Waals surface area (Å²) in [6.07, 6.45) is 1.28. The van der Waals surface area contributed by atoms with Gasteiger partial charge in [-0.05, 0) is 51.9 Å². The Hall–Kier alpha value is -2.43. The lowest BCUT2D eigenvalue weighted by Crippen LogP contribution is -2.40. The Balaban J connectivity index is 1.73. The van der Waals surface area contributed by atoms with Crippen LogP contribution in [0.3, 0.4) is 0 Å². The molecule has 1 atom stereocenters. The number of aromatic nitrogens is 3. The number of likely N-dealkylation sites (N-methyl/N-ethyl adjacent to an activating group) is 1. The van der Waals surface area contributed by atoms with E-state index >= 15 is 0 Å². The predicted molar refractivity (Wildman–Crippen MR) is 135 cm³/mol. The monoisotopic (exact) mass is 521 g/mol. The Morgan fingerprint density at radius 3 is 2.66 bits per heavy atom. The highest BCUT2D eigenvalue weighted by molar-refractivity contribution is 6.35. The van der Waals surface area contributed by atoms with Gasteiger partial charge in [-0.1, -0.05) is 28.4 Å². The van der Waals surface area contributed by atoms with E-state index in [1.165, 1.54) is 0 Å². The maximum absolute atomic E-state index is 9.98. The van der Waals surface area contributed by atoms with Crippen molar-refractivity contribution in [1.82, 2.24) is 20.4 Å². The summed E-state index contributed by atoms with van der Waals surface area (Å²) in [5.41, 5.74) is 2.46. The SMILES string of the molecule is CNC[C@@H](O)COc1ccc(Cl)c(-c2nc(N[C@H]3C[C@@H](OC)C3)c(Cl)c(-c3c(C)noc3C)n2)c1. The molecule has 2 aromatic heterocycles. The van der Waals surface area contributed by atoms with Crippen LogP contribution in [0.25, 0.3) is 22.6 Å². The molecule has 0 radical (unpaired) electrons. The summed E-state index contributed by atoms with van der Waals surface area (Å²) < 4.78 is 16.5.